The molecule has 21 heavy (non-hydrogen) atoms. The molecule has 0 unspecified atom stereocenters. The smallest absolute Gasteiger partial charge is 0.220 e. The van der Waals surface area contributed by atoms with Crippen molar-refractivity contribution in [3.63, 3.8) is 0 Å². The van der Waals surface area contributed by atoms with Crippen molar-refractivity contribution in [2.75, 3.05) is 6.54 Å². The first kappa shape index (κ1) is 20.1. The van der Waals surface area contributed by atoms with E-state index in [1.807, 2.05) is 27.7 Å². The summed E-state index contributed by atoms with van der Waals surface area (Å²) in [6.07, 6.45) is 5.62. The highest BCUT2D eigenvalue weighted by atomic mass is 16.1. The zero-order valence-corrected chi connectivity index (χ0v) is 14.5. The largest absolute Gasteiger partial charge is 0.356 e. The van der Waals surface area contributed by atoms with Crippen LogP contribution in [0.2, 0.25) is 0 Å². The maximum Gasteiger partial charge on any atom is 0.220 e. The number of carbonyl (C=O) groups is 2. The summed E-state index contributed by atoms with van der Waals surface area (Å²) in [6, 6.07) is 0.0330. The van der Waals surface area contributed by atoms with Crippen LogP contribution in [0.25, 0.3) is 0 Å². The number of hydrogen-bond acceptors (Lipinski definition) is 3. The number of Topliss-reactive ketones (excluding diaryl/α,β-unsaturated/α-hetero) is 1. The highest BCUT2D eigenvalue weighted by Crippen LogP contribution is 2.07. The van der Waals surface area contributed by atoms with Crippen molar-refractivity contribution in [1.82, 2.24) is 10.6 Å². The van der Waals surface area contributed by atoms with Crippen molar-refractivity contribution >= 4 is 11.7 Å². The van der Waals surface area contributed by atoms with E-state index >= 15 is 0 Å². The van der Waals surface area contributed by atoms with Crippen LogP contribution in [-0.4, -0.2) is 30.3 Å². The summed E-state index contributed by atoms with van der Waals surface area (Å²) in [5.41, 5.74) is 0. The molecule has 2 N–H and O–H groups in total. The third kappa shape index (κ3) is 10.5. The van der Waals surface area contributed by atoms with Crippen LogP contribution in [0.5, 0.6) is 0 Å². The fraction of sp³-hybridized carbons (Fsp3) is 0.882. The van der Waals surface area contributed by atoms with Gasteiger partial charge in [-0.3, -0.25) is 9.59 Å². The number of carbonyl (C=O) groups excluding carboxylic acids is 2. The molecule has 0 rings (SSSR count). The SMILES string of the molecule is CCCCCCNC(=O)CC[C@H](NC(C)C)C(=O)C(C)C. The van der Waals surface area contributed by atoms with E-state index in [2.05, 4.69) is 17.6 Å². The van der Waals surface area contributed by atoms with Gasteiger partial charge in [-0.1, -0.05) is 53.9 Å². The molecule has 0 saturated heterocycles. The van der Waals surface area contributed by atoms with E-state index in [0.717, 1.165) is 13.0 Å². The quantitative estimate of drug-likeness (QED) is 0.544. The predicted octanol–water partition coefficient (Wildman–Crippen LogP) is 3.05. The van der Waals surface area contributed by atoms with Gasteiger partial charge >= 0.3 is 0 Å². The first-order valence-corrected chi connectivity index (χ1v) is 8.44. The second-order valence-electron chi connectivity index (χ2n) is 6.38. The van der Waals surface area contributed by atoms with E-state index in [4.69, 9.17) is 0 Å². The van der Waals surface area contributed by atoms with Crippen LogP contribution in [0, 0.1) is 5.92 Å². The van der Waals surface area contributed by atoms with E-state index < -0.39 is 0 Å². The summed E-state index contributed by atoms with van der Waals surface area (Å²) in [6.45, 7) is 10.8. The topological polar surface area (TPSA) is 58.2 Å². The predicted molar refractivity (Wildman–Crippen MR) is 88.3 cm³/mol. The molecule has 0 aliphatic heterocycles. The highest BCUT2D eigenvalue weighted by Gasteiger charge is 2.22. The Bertz CT molecular complexity index is 301. The lowest BCUT2D eigenvalue weighted by molar-refractivity contribution is -0.125. The number of amides is 1. The number of nitrogens with one attached hydrogen (secondary N) is 2. The van der Waals surface area contributed by atoms with E-state index in [0.29, 0.717) is 12.8 Å². The van der Waals surface area contributed by atoms with Crippen LogP contribution in [0.15, 0.2) is 0 Å². The third-order valence-corrected chi connectivity index (χ3v) is 3.46. The third-order valence-electron chi connectivity index (χ3n) is 3.46. The average molecular weight is 298 g/mol. The summed E-state index contributed by atoms with van der Waals surface area (Å²) in [4.78, 5) is 23.9. The van der Waals surface area contributed by atoms with Crippen molar-refractivity contribution in [3.05, 3.63) is 0 Å². The molecule has 1 amide bonds. The van der Waals surface area contributed by atoms with Crippen molar-refractivity contribution in [2.45, 2.75) is 85.2 Å². The Hall–Kier alpha value is -0.900. The van der Waals surface area contributed by atoms with Crippen molar-refractivity contribution < 1.29 is 9.59 Å². The van der Waals surface area contributed by atoms with Gasteiger partial charge in [0.2, 0.25) is 5.91 Å². The molecule has 4 heteroatoms. The van der Waals surface area contributed by atoms with E-state index in [1.54, 1.807) is 0 Å². The molecule has 0 fully saturated rings. The number of hydrogen-bond donors (Lipinski definition) is 2. The van der Waals surface area contributed by atoms with Crippen LogP contribution < -0.4 is 10.6 Å². The van der Waals surface area contributed by atoms with Crippen LogP contribution in [-0.2, 0) is 9.59 Å². The van der Waals surface area contributed by atoms with Gasteiger partial charge in [0.1, 0.15) is 0 Å². The lowest BCUT2D eigenvalue weighted by Crippen LogP contribution is -2.43. The number of ketones is 1. The molecule has 124 valence electrons. The van der Waals surface area contributed by atoms with Gasteiger partial charge in [0.25, 0.3) is 0 Å². The minimum absolute atomic E-state index is 0.00152. The molecule has 4 nitrogen and oxygen atoms in total. The standard InChI is InChI=1S/C17H34N2O2/c1-6-7-8-9-12-18-16(20)11-10-15(19-14(4)5)17(21)13(2)3/h13-15,19H,6-12H2,1-5H3,(H,18,20)/t15-/m0/s1. The Balaban J connectivity index is 4.05. The molecule has 1 atom stereocenters. The molecule has 0 aromatic carbocycles. The first-order valence-electron chi connectivity index (χ1n) is 8.44. The molecule has 0 spiro atoms. The Labute approximate surface area is 130 Å². The minimum Gasteiger partial charge on any atom is -0.356 e. The fourth-order valence-corrected chi connectivity index (χ4v) is 2.26. The lowest BCUT2D eigenvalue weighted by atomic mass is 9.97. The van der Waals surface area contributed by atoms with Crippen LogP contribution in [0.3, 0.4) is 0 Å². The molecule has 0 heterocycles. The molecule has 0 aliphatic rings. The summed E-state index contributed by atoms with van der Waals surface area (Å²) in [7, 11) is 0. The van der Waals surface area contributed by atoms with Crippen LogP contribution in [0.1, 0.15) is 73.1 Å². The zero-order chi connectivity index (χ0) is 16.3. The van der Waals surface area contributed by atoms with Crippen LogP contribution >= 0.6 is 0 Å². The van der Waals surface area contributed by atoms with Gasteiger partial charge < -0.3 is 10.6 Å². The van der Waals surface area contributed by atoms with E-state index in [-0.39, 0.29) is 29.7 Å². The van der Waals surface area contributed by atoms with Crippen molar-refractivity contribution in [1.29, 1.82) is 0 Å². The summed E-state index contributed by atoms with van der Waals surface area (Å²) < 4.78 is 0. The summed E-state index contributed by atoms with van der Waals surface area (Å²) in [5.74, 6) is 0.247. The normalized spacial score (nSPS) is 12.7. The van der Waals surface area contributed by atoms with Gasteiger partial charge in [-0.05, 0) is 12.8 Å². The van der Waals surface area contributed by atoms with Gasteiger partial charge in [0.15, 0.2) is 5.78 Å². The first-order chi connectivity index (χ1) is 9.88. The number of rotatable bonds is 12. The van der Waals surface area contributed by atoms with Gasteiger partial charge in [-0.15, -0.1) is 0 Å². The Morgan fingerprint density at radius 3 is 2.19 bits per heavy atom. The average Bonchev–Trinajstić information content (AvgIpc) is 2.41. The Morgan fingerprint density at radius 1 is 1.00 bits per heavy atom. The fourth-order valence-electron chi connectivity index (χ4n) is 2.26. The molecule has 0 saturated carbocycles. The monoisotopic (exact) mass is 298 g/mol. The molecule has 0 bridgehead atoms. The lowest BCUT2D eigenvalue weighted by Gasteiger charge is -2.21. The molecule has 0 aromatic heterocycles. The maximum absolute atomic E-state index is 12.1. The maximum atomic E-state index is 12.1. The number of unbranched alkanes of at least 4 members (excludes halogenated alkanes) is 3. The van der Waals surface area contributed by atoms with E-state index in [9.17, 15) is 9.59 Å². The molecular formula is C17H34N2O2. The second kappa shape index (κ2) is 11.7. The molecule has 0 radical (unpaired) electrons. The van der Waals surface area contributed by atoms with Gasteiger partial charge in [-0.25, -0.2) is 0 Å². The van der Waals surface area contributed by atoms with Crippen LogP contribution in [0.4, 0.5) is 0 Å². The molecule has 0 aliphatic carbocycles. The zero-order valence-electron chi connectivity index (χ0n) is 14.5. The second-order valence-corrected chi connectivity index (χ2v) is 6.38. The van der Waals surface area contributed by atoms with Crippen molar-refractivity contribution in [3.8, 4) is 0 Å². The molecule has 0 aromatic rings. The summed E-state index contributed by atoms with van der Waals surface area (Å²) in [5, 5.41) is 6.21. The highest BCUT2D eigenvalue weighted by molar-refractivity contribution is 5.86. The van der Waals surface area contributed by atoms with Gasteiger partial charge in [-0.2, -0.15) is 0 Å². The van der Waals surface area contributed by atoms with Gasteiger partial charge in [0.05, 0.1) is 6.04 Å². The Morgan fingerprint density at radius 2 is 1.67 bits per heavy atom. The van der Waals surface area contributed by atoms with Gasteiger partial charge in [0, 0.05) is 24.9 Å². The van der Waals surface area contributed by atoms with Crippen molar-refractivity contribution in [2.24, 2.45) is 5.92 Å². The Kier molecular flexibility index (Phi) is 11.2. The molecular weight excluding hydrogens is 264 g/mol. The van der Waals surface area contributed by atoms with E-state index in [1.165, 1.54) is 19.3 Å². The minimum atomic E-state index is -0.212. The summed E-state index contributed by atoms with van der Waals surface area (Å²) >= 11 is 0.